The molecule has 2 aliphatic heterocycles. The van der Waals surface area contributed by atoms with Crippen molar-refractivity contribution in [3.8, 4) is 0 Å². The lowest BCUT2D eigenvalue weighted by Gasteiger charge is -2.35. The van der Waals surface area contributed by atoms with E-state index in [0.29, 0.717) is 6.54 Å². The predicted molar refractivity (Wildman–Crippen MR) is 129 cm³/mol. The summed E-state index contributed by atoms with van der Waals surface area (Å²) in [5.74, 6) is 2.06. The Balaban J connectivity index is 1.21. The van der Waals surface area contributed by atoms with E-state index in [4.69, 9.17) is 4.98 Å². The highest BCUT2D eigenvalue weighted by Gasteiger charge is 2.26. The van der Waals surface area contributed by atoms with Gasteiger partial charge in [0, 0.05) is 48.7 Å². The van der Waals surface area contributed by atoms with Crippen molar-refractivity contribution in [3.05, 3.63) is 57.4 Å². The largest absolute Gasteiger partial charge is 0.360 e. The Morgan fingerprint density at radius 2 is 1.97 bits per heavy atom. The van der Waals surface area contributed by atoms with Gasteiger partial charge in [-0.1, -0.05) is 6.07 Å². The molecule has 5 rings (SSSR count). The summed E-state index contributed by atoms with van der Waals surface area (Å²) in [5.41, 5.74) is 4.65. The zero-order chi connectivity index (χ0) is 19.6. The van der Waals surface area contributed by atoms with E-state index in [1.807, 2.05) is 12.4 Å². The molecular weight excluding hydrogens is 473 g/mol. The number of hydrogen-bond donors (Lipinski definition) is 1. The van der Waals surface area contributed by atoms with Crippen LogP contribution in [0.15, 0.2) is 47.7 Å². The quantitative estimate of drug-likeness (QED) is 0.630. The molecule has 1 saturated carbocycles. The summed E-state index contributed by atoms with van der Waals surface area (Å²) in [6.45, 7) is 6.46. The maximum atomic E-state index is 4.71. The monoisotopic (exact) mass is 499 g/mol. The van der Waals surface area contributed by atoms with Crippen molar-refractivity contribution in [2.75, 3.05) is 49.5 Å². The van der Waals surface area contributed by atoms with Crippen LogP contribution < -0.4 is 10.2 Å². The van der Waals surface area contributed by atoms with Crippen molar-refractivity contribution in [2.24, 2.45) is 10.9 Å². The predicted octanol–water partition coefficient (Wildman–Crippen LogP) is 4.10. The average Bonchev–Trinajstić information content (AvgIpc) is 3.57. The van der Waals surface area contributed by atoms with Gasteiger partial charge in [-0.15, -0.1) is 0 Å². The number of rotatable bonds is 5. The fraction of sp³-hybridized carbons (Fsp3) is 0.391. The molecule has 29 heavy (non-hydrogen) atoms. The number of piperazine rings is 1. The van der Waals surface area contributed by atoms with Gasteiger partial charge in [-0.3, -0.25) is 9.89 Å². The van der Waals surface area contributed by atoms with Gasteiger partial charge in [-0.25, -0.2) is 4.98 Å². The summed E-state index contributed by atoms with van der Waals surface area (Å²) in [6.07, 6.45) is 8.83. The first-order chi connectivity index (χ1) is 14.2. The molecule has 0 radical (unpaired) electrons. The van der Waals surface area contributed by atoms with Gasteiger partial charge in [0.05, 0.1) is 18.4 Å². The third kappa shape index (κ3) is 4.64. The van der Waals surface area contributed by atoms with E-state index in [9.17, 15) is 0 Å². The molecule has 150 valence electrons. The van der Waals surface area contributed by atoms with Crippen molar-refractivity contribution >= 4 is 45.9 Å². The molecule has 0 atom stereocenters. The summed E-state index contributed by atoms with van der Waals surface area (Å²) in [7, 11) is 0. The SMILES string of the molecule is Ic1ccc2c(c1)/C(=C/Nc1ccc(N3CCN(CC4CC4)CC3)nc1)CN=C2. The summed E-state index contributed by atoms with van der Waals surface area (Å²) in [5, 5.41) is 3.41. The van der Waals surface area contributed by atoms with Crippen LogP contribution in [0.2, 0.25) is 0 Å². The van der Waals surface area contributed by atoms with E-state index >= 15 is 0 Å². The first-order valence-electron chi connectivity index (χ1n) is 10.4. The van der Waals surface area contributed by atoms with Crippen molar-refractivity contribution < 1.29 is 0 Å². The number of halogens is 1. The number of pyridine rings is 1. The van der Waals surface area contributed by atoms with Gasteiger partial charge >= 0.3 is 0 Å². The highest BCUT2D eigenvalue weighted by atomic mass is 127. The molecule has 1 aromatic carbocycles. The average molecular weight is 499 g/mol. The summed E-state index contributed by atoms with van der Waals surface area (Å²) < 4.78 is 1.24. The number of aliphatic imine (C=N–C) groups is 1. The Kier molecular flexibility index (Phi) is 5.54. The summed E-state index contributed by atoms with van der Waals surface area (Å²) in [4.78, 5) is 14.2. The minimum Gasteiger partial charge on any atom is -0.360 e. The fourth-order valence-corrected chi connectivity index (χ4v) is 4.52. The molecule has 0 bridgehead atoms. The van der Waals surface area contributed by atoms with E-state index in [0.717, 1.165) is 43.6 Å². The van der Waals surface area contributed by atoms with Crippen LogP contribution in [0.25, 0.3) is 5.57 Å². The lowest BCUT2D eigenvalue weighted by atomic mass is 9.99. The number of anilines is 2. The maximum absolute atomic E-state index is 4.71. The Morgan fingerprint density at radius 3 is 2.72 bits per heavy atom. The molecule has 0 amide bonds. The molecule has 1 aliphatic carbocycles. The van der Waals surface area contributed by atoms with E-state index < -0.39 is 0 Å². The molecule has 0 spiro atoms. The van der Waals surface area contributed by atoms with Crippen LogP contribution in [-0.2, 0) is 0 Å². The van der Waals surface area contributed by atoms with Crippen LogP contribution in [0.4, 0.5) is 11.5 Å². The molecule has 1 aromatic heterocycles. The van der Waals surface area contributed by atoms with Gasteiger partial charge in [0.25, 0.3) is 0 Å². The molecule has 2 aromatic rings. The number of hydrogen-bond acceptors (Lipinski definition) is 5. The van der Waals surface area contributed by atoms with Crippen LogP contribution >= 0.6 is 22.6 Å². The van der Waals surface area contributed by atoms with Crippen molar-refractivity contribution in [2.45, 2.75) is 12.8 Å². The van der Waals surface area contributed by atoms with E-state index in [1.54, 1.807) is 0 Å². The lowest BCUT2D eigenvalue weighted by Crippen LogP contribution is -2.47. The van der Waals surface area contributed by atoms with Crippen LogP contribution in [0.5, 0.6) is 0 Å². The first kappa shape index (κ1) is 19.1. The topological polar surface area (TPSA) is 43.8 Å². The van der Waals surface area contributed by atoms with Gasteiger partial charge in [0.1, 0.15) is 5.82 Å². The van der Waals surface area contributed by atoms with Crippen LogP contribution in [0.3, 0.4) is 0 Å². The molecule has 1 N–H and O–H groups in total. The normalized spacial score (nSPS) is 20.7. The molecule has 1 saturated heterocycles. The van der Waals surface area contributed by atoms with Crippen molar-refractivity contribution in [1.29, 1.82) is 0 Å². The lowest BCUT2D eigenvalue weighted by molar-refractivity contribution is 0.247. The standard InChI is InChI=1S/C23H26IN5/c24-20-4-3-18-12-25-13-19(22(18)11-20)14-26-21-5-6-23(27-15-21)29-9-7-28(8-10-29)16-17-1-2-17/h3-6,11-12,14-15,17,26H,1-2,7-10,13,16H2/b19-14+. The Labute approximate surface area is 186 Å². The minimum atomic E-state index is 0.705. The van der Waals surface area contributed by atoms with Crippen LogP contribution in [0.1, 0.15) is 24.0 Å². The molecule has 2 fully saturated rings. The molecule has 3 heterocycles. The summed E-state index contributed by atoms with van der Waals surface area (Å²) >= 11 is 2.36. The minimum absolute atomic E-state index is 0.705. The van der Waals surface area contributed by atoms with E-state index in [-0.39, 0.29) is 0 Å². The van der Waals surface area contributed by atoms with E-state index in [1.165, 1.54) is 39.7 Å². The van der Waals surface area contributed by atoms with Gasteiger partial charge in [-0.05, 0) is 82.3 Å². The fourth-order valence-electron chi connectivity index (χ4n) is 4.02. The second-order valence-electron chi connectivity index (χ2n) is 8.15. The number of benzene rings is 1. The Morgan fingerprint density at radius 1 is 1.10 bits per heavy atom. The maximum Gasteiger partial charge on any atom is 0.128 e. The Bertz CT molecular complexity index is 925. The summed E-state index contributed by atoms with van der Waals surface area (Å²) in [6, 6.07) is 10.7. The van der Waals surface area contributed by atoms with Crippen molar-refractivity contribution in [1.82, 2.24) is 9.88 Å². The third-order valence-corrected chi connectivity index (χ3v) is 6.59. The second kappa shape index (κ2) is 8.44. The second-order valence-corrected chi connectivity index (χ2v) is 9.40. The molecule has 3 aliphatic rings. The molecule has 6 heteroatoms. The first-order valence-corrected chi connectivity index (χ1v) is 11.5. The Hall–Kier alpha value is -1.93. The van der Waals surface area contributed by atoms with Gasteiger partial charge in [0.2, 0.25) is 0 Å². The van der Waals surface area contributed by atoms with Gasteiger partial charge in [-0.2, -0.15) is 0 Å². The van der Waals surface area contributed by atoms with Crippen molar-refractivity contribution in [3.63, 3.8) is 0 Å². The molecule has 5 nitrogen and oxygen atoms in total. The number of aromatic nitrogens is 1. The smallest absolute Gasteiger partial charge is 0.128 e. The number of fused-ring (bicyclic) bond motifs is 1. The number of nitrogens with zero attached hydrogens (tertiary/aromatic N) is 4. The zero-order valence-corrected chi connectivity index (χ0v) is 18.7. The third-order valence-electron chi connectivity index (χ3n) is 5.92. The number of nitrogens with one attached hydrogen (secondary N) is 1. The van der Waals surface area contributed by atoms with E-state index in [2.05, 4.69) is 79.2 Å². The van der Waals surface area contributed by atoms with Crippen LogP contribution in [0, 0.1) is 9.49 Å². The van der Waals surface area contributed by atoms with Crippen LogP contribution in [-0.4, -0.2) is 55.4 Å². The highest BCUT2D eigenvalue weighted by Crippen LogP contribution is 2.30. The highest BCUT2D eigenvalue weighted by molar-refractivity contribution is 14.1. The molecular formula is C23H26IN5. The van der Waals surface area contributed by atoms with Gasteiger partial charge < -0.3 is 10.2 Å². The zero-order valence-electron chi connectivity index (χ0n) is 16.5. The molecule has 0 unspecified atom stereocenters. The van der Waals surface area contributed by atoms with Gasteiger partial charge in [0.15, 0.2) is 0 Å².